The third-order valence-corrected chi connectivity index (χ3v) is 3.63. The SMILES string of the molecule is NCc1ccc(-c2nc3cccnc3s2)cc1. The monoisotopic (exact) mass is 241 g/mol. The summed E-state index contributed by atoms with van der Waals surface area (Å²) in [5, 5.41) is 1.00. The van der Waals surface area contributed by atoms with Crippen molar-refractivity contribution in [2.24, 2.45) is 5.73 Å². The van der Waals surface area contributed by atoms with Crippen molar-refractivity contribution < 1.29 is 0 Å². The molecule has 0 atom stereocenters. The van der Waals surface area contributed by atoms with Crippen molar-refractivity contribution in [1.29, 1.82) is 0 Å². The third kappa shape index (κ3) is 1.92. The summed E-state index contributed by atoms with van der Waals surface area (Å²) in [7, 11) is 0. The van der Waals surface area contributed by atoms with E-state index in [0.717, 1.165) is 26.5 Å². The van der Waals surface area contributed by atoms with Gasteiger partial charge in [0.05, 0.1) is 0 Å². The molecule has 0 radical (unpaired) electrons. The van der Waals surface area contributed by atoms with Gasteiger partial charge in [0, 0.05) is 18.3 Å². The van der Waals surface area contributed by atoms with E-state index in [-0.39, 0.29) is 0 Å². The summed E-state index contributed by atoms with van der Waals surface area (Å²) < 4.78 is 0. The molecule has 0 unspecified atom stereocenters. The standard InChI is InChI=1S/C13H11N3S/c14-8-9-3-5-10(6-4-9)12-16-11-2-1-7-15-13(11)17-12/h1-7H,8,14H2. The first-order valence-corrected chi connectivity index (χ1v) is 6.19. The van der Waals surface area contributed by atoms with Crippen molar-refractivity contribution in [3.05, 3.63) is 48.2 Å². The van der Waals surface area contributed by atoms with Crippen molar-refractivity contribution in [3.8, 4) is 10.6 Å². The molecule has 4 heteroatoms. The van der Waals surface area contributed by atoms with Gasteiger partial charge in [-0.3, -0.25) is 0 Å². The van der Waals surface area contributed by atoms with Crippen LogP contribution in [0.2, 0.25) is 0 Å². The van der Waals surface area contributed by atoms with Gasteiger partial charge in [0.25, 0.3) is 0 Å². The Bertz CT molecular complexity index is 610. The lowest BCUT2D eigenvalue weighted by atomic mass is 10.1. The van der Waals surface area contributed by atoms with Crippen LogP contribution in [-0.2, 0) is 6.54 Å². The van der Waals surface area contributed by atoms with Gasteiger partial charge in [-0.1, -0.05) is 35.6 Å². The highest BCUT2D eigenvalue weighted by molar-refractivity contribution is 7.21. The van der Waals surface area contributed by atoms with Gasteiger partial charge in [0.2, 0.25) is 0 Å². The largest absolute Gasteiger partial charge is 0.326 e. The molecule has 2 aromatic heterocycles. The summed E-state index contributed by atoms with van der Waals surface area (Å²) >= 11 is 1.61. The average Bonchev–Trinajstić information content (AvgIpc) is 2.82. The Morgan fingerprint density at radius 1 is 1.12 bits per heavy atom. The normalized spacial score (nSPS) is 10.9. The van der Waals surface area contributed by atoms with E-state index in [4.69, 9.17) is 5.73 Å². The molecule has 0 saturated carbocycles. The summed E-state index contributed by atoms with van der Waals surface area (Å²) in [5.74, 6) is 0. The lowest BCUT2D eigenvalue weighted by Crippen LogP contribution is -1.94. The van der Waals surface area contributed by atoms with Crippen molar-refractivity contribution in [2.75, 3.05) is 0 Å². The maximum Gasteiger partial charge on any atom is 0.143 e. The Morgan fingerprint density at radius 2 is 1.94 bits per heavy atom. The van der Waals surface area contributed by atoms with Crippen LogP contribution >= 0.6 is 11.3 Å². The van der Waals surface area contributed by atoms with Crippen molar-refractivity contribution in [1.82, 2.24) is 9.97 Å². The topological polar surface area (TPSA) is 51.8 Å². The highest BCUT2D eigenvalue weighted by Crippen LogP contribution is 2.28. The minimum atomic E-state index is 0.571. The first-order valence-electron chi connectivity index (χ1n) is 5.38. The molecule has 0 aliphatic rings. The first kappa shape index (κ1) is 10.4. The fourth-order valence-electron chi connectivity index (χ4n) is 1.68. The number of fused-ring (bicyclic) bond motifs is 1. The van der Waals surface area contributed by atoms with E-state index in [0.29, 0.717) is 6.54 Å². The zero-order valence-electron chi connectivity index (χ0n) is 9.13. The van der Waals surface area contributed by atoms with Crippen LogP contribution in [-0.4, -0.2) is 9.97 Å². The summed E-state index contributed by atoms with van der Waals surface area (Å²) in [6.07, 6.45) is 1.79. The van der Waals surface area contributed by atoms with Crippen LogP contribution in [0, 0.1) is 0 Å². The fourth-order valence-corrected chi connectivity index (χ4v) is 2.59. The number of hydrogen-bond acceptors (Lipinski definition) is 4. The van der Waals surface area contributed by atoms with Crippen molar-refractivity contribution >= 4 is 21.7 Å². The van der Waals surface area contributed by atoms with Gasteiger partial charge in [-0.2, -0.15) is 0 Å². The number of nitrogens with zero attached hydrogens (tertiary/aromatic N) is 2. The molecule has 2 heterocycles. The van der Waals surface area contributed by atoms with Crippen LogP contribution in [0.5, 0.6) is 0 Å². The van der Waals surface area contributed by atoms with Crippen LogP contribution in [0.3, 0.4) is 0 Å². The van der Waals surface area contributed by atoms with Gasteiger partial charge in [-0.15, -0.1) is 0 Å². The molecule has 2 N–H and O–H groups in total. The maximum absolute atomic E-state index is 5.58. The number of benzene rings is 1. The summed E-state index contributed by atoms with van der Waals surface area (Å²) in [4.78, 5) is 9.84. The quantitative estimate of drug-likeness (QED) is 0.750. The van der Waals surface area contributed by atoms with E-state index in [1.807, 2.05) is 24.3 Å². The van der Waals surface area contributed by atoms with Gasteiger partial charge < -0.3 is 5.73 Å². The first-order chi connectivity index (χ1) is 8.36. The van der Waals surface area contributed by atoms with Crippen LogP contribution in [0.4, 0.5) is 0 Å². The van der Waals surface area contributed by atoms with E-state index in [2.05, 4.69) is 22.1 Å². The molecule has 84 valence electrons. The molecule has 0 spiro atoms. The molecule has 0 bridgehead atoms. The van der Waals surface area contributed by atoms with Gasteiger partial charge in [-0.05, 0) is 17.7 Å². The van der Waals surface area contributed by atoms with E-state index in [9.17, 15) is 0 Å². The molecule has 17 heavy (non-hydrogen) atoms. The molecular weight excluding hydrogens is 230 g/mol. The molecule has 3 aromatic rings. The summed E-state index contributed by atoms with van der Waals surface area (Å²) in [6, 6.07) is 12.1. The molecule has 0 amide bonds. The molecule has 3 nitrogen and oxygen atoms in total. The van der Waals surface area contributed by atoms with E-state index in [1.54, 1.807) is 17.5 Å². The molecule has 1 aromatic carbocycles. The Labute approximate surface area is 103 Å². The second kappa shape index (κ2) is 4.24. The van der Waals surface area contributed by atoms with Crippen LogP contribution < -0.4 is 5.73 Å². The molecule has 0 aliphatic carbocycles. The fraction of sp³-hybridized carbons (Fsp3) is 0.0769. The second-order valence-corrected chi connectivity index (χ2v) is 4.73. The van der Waals surface area contributed by atoms with E-state index in [1.165, 1.54) is 0 Å². The molecule has 0 fully saturated rings. The lowest BCUT2D eigenvalue weighted by molar-refractivity contribution is 1.07. The second-order valence-electron chi connectivity index (χ2n) is 3.75. The highest BCUT2D eigenvalue weighted by Gasteiger charge is 2.06. The summed E-state index contributed by atoms with van der Waals surface area (Å²) in [6.45, 7) is 0.571. The zero-order valence-corrected chi connectivity index (χ0v) is 9.95. The Morgan fingerprint density at radius 3 is 2.65 bits per heavy atom. The Kier molecular flexibility index (Phi) is 2.59. The highest BCUT2D eigenvalue weighted by atomic mass is 32.1. The number of thiazole rings is 1. The molecule has 3 rings (SSSR count). The molecule has 0 aliphatic heterocycles. The number of hydrogen-bond donors (Lipinski definition) is 1. The predicted molar refractivity (Wildman–Crippen MR) is 70.7 cm³/mol. The van der Waals surface area contributed by atoms with Crippen LogP contribution in [0.25, 0.3) is 20.9 Å². The lowest BCUT2D eigenvalue weighted by Gasteiger charge is -1.98. The molecule has 0 saturated heterocycles. The van der Waals surface area contributed by atoms with E-state index < -0.39 is 0 Å². The van der Waals surface area contributed by atoms with E-state index >= 15 is 0 Å². The average molecular weight is 241 g/mol. The number of pyridine rings is 1. The summed E-state index contributed by atoms with van der Waals surface area (Å²) in [5.41, 5.74) is 8.78. The van der Waals surface area contributed by atoms with Crippen LogP contribution in [0.1, 0.15) is 5.56 Å². The maximum atomic E-state index is 5.58. The minimum absolute atomic E-state index is 0.571. The Hall–Kier alpha value is -1.78. The van der Waals surface area contributed by atoms with Gasteiger partial charge in [-0.25, -0.2) is 9.97 Å². The van der Waals surface area contributed by atoms with Gasteiger partial charge in [0.15, 0.2) is 0 Å². The van der Waals surface area contributed by atoms with Crippen molar-refractivity contribution in [2.45, 2.75) is 6.54 Å². The number of aromatic nitrogens is 2. The minimum Gasteiger partial charge on any atom is -0.326 e. The predicted octanol–water partition coefficient (Wildman–Crippen LogP) is 2.82. The number of nitrogens with two attached hydrogens (primary N) is 1. The van der Waals surface area contributed by atoms with Gasteiger partial charge in [0.1, 0.15) is 15.4 Å². The zero-order chi connectivity index (χ0) is 11.7. The smallest absolute Gasteiger partial charge is 0.143 e. The van der Waals surface area contributed by atoms with Crippen molar-refractivity contribution in [3.63, 3.8) is 0 Å². The van der Waals surface area contributed by atoms with Crippen LogP contribution in [0.15, 0.2) is 42.6 Å². The van der Waals surface area contributed by atoms with Gasteiger partial charge >= 0.3 is 0 Å². The third-order valence-electron chi connectivity index (χ3n) is 2.60. The molecular formula is C13H11N3S. The Balaban J connectivity index is 2.07. The number of rotatable bonds is 2.